The third-order valence-electron chi connectivity index (χ3n) is 6.84. The zero-order valence-electron chi connectivity index (χ0n) is 17.9. The number of nitrogen functional groups attached to an aromatic ring is 2. The number of hydrogen-bond acceptors (Lipinski definition) is 2. The van der Waals surface area contributed by atoms with Gasteiger partial charge < -0.3 is 15.9 Å². The van der Waals surface area contributed by atoms with Crippen molar-refractivity contribution in [3.05, 3.63) is 103 Å². The summed E-state index contributed by atoms with van der Waals surface area (Å²) in [6.07, 6.45) is 0. The van der Waals surface area contributed by atoms with E-state index in [1.54, 1.807) is 0 Å². The number of hydrogen-bond donors (Lipinski definition) is 2. The van der Waals surface area contributed by atoms with Crippen LogP contribution in [0.25, 0.3) is 60.3 Å². The molecule has 2 heterocycles. The Morgan fingerprint density at radius 3 is 1.67 bits per heavy atom. The summed E-state index contributed by atoms with van der Waals surface area (Å²) in [7, 11) is 0. The molecular formula is C30H21N3. The van der Waals surface area contributed by atoms with E-state index in [0.717, 1.165) is 33.6 Å². The van der Waals surface area contributed by atoms with E-state index >= 15 is 0 Å². The first-order valence-corrected chi connectivity index (χ1v) is 11.1. The summed E-state index contributed by atoms with van der Waals surface area (Å²) in [6.45, 7) is 0. The van der Waals surface area contributed by atoms with Crippen LogP contribution in [0.2, 0.25) is 0 Å². The number of benzene rings is 5. The van der Waals surface area contributed by atoms with Crippen molar-refractivity contribution in [3.8, 4) is 22.3 Å². The molecule has 0 spiro atoms. The molecule has 5 aromatic carbocycles. The molecule has 0 amide bonds. The molecule has 4 N–H and O–H groups in total. The van der Waals surface area contributed by atoms with Crippen LogP contribution >= 0.6 is 0 Å². The van der Waals surface area contributed by atoms with Gasteiger partial charge in [0.25, 0.3) is 0 Å². The molecule has 2 aromatic heterocycles. The minimum Gasteiger partial charge on any atom is -0.398 e. The molecular weight excluding hydrogens is 402 g/mol. The van der Waals surface area contributed by atoms with E-state index in [1.165, 1.54) is 38.1 Å². The molecule has 0 fully saturated rings. The first kappa shape index (κ1) is 18.1. The van der Waals surface area contributed by atoms with Crippen LogP contribution in [-0.2, 0) is 0 Å². The van der Waals surface area contributed by atoms with Gasteiger partial charge in [0.1, 0.15) is 0 Å². The molecule has 0 radical (unpaired) electrons. The first-order valence-electron chi connectivity index (χ1n) is 11.1. The second-order valence-corrected chi connectivity index (χ2v) is 8.68. The summed E-state index contributed by atoms with van der Waals surface area (Å²) in [6, 6.07) is 36.0. The standard InChI is InChI=1S/C30H21N3/c31-26-10-4-1-7-20(26)21-14-13-18(17-27(21)32)19-15-24-22-8-2-5-11-28(22)33-29-12-6-3-9-23(29)25(16-19)30(24)33/h1-17H,31-32H2. The van der Waals surface area contributed by atoms with Crippen LogP contribution in [0.15, 0.2) is 103 Å². The monoisotopic (exact) mass is 423 g/mol. The molecule has 0 aliphatic rings. The molecule has 0 atom stereocenters. The highest BCUT2D eigenvalue weighted by molar-refractivity contribution is 6.24. The van der Waals surface area contributed by atoms with E-state index in [9.17, 15) is 0 Å². The van der Waals surface area contributed by atoms with Gasteiger partial charge in [0.2, 0.25) is 0 Å². The summed E-state index contributed by atoms with van der Waals surface area (Å²) in [5.41, 5.74) is 22.2. The number of rotatable bonds is 2. The van der Waals surface area contributed by atoms with Gasteiger partial charge in [-0.25, -0.2) is 0 Å². The zero-order chi connectivity index (χ0) is 22.1. The van der Waals surface area contributed by atoms with Gasteiger partial charge in [-0.2, -0.15) is 0 Å². The van der Waals surface area contributed by atoms with Gasteiger partial charge in [-0.15, -0.1) is 0 Å². The highest BCUT2D eigenvalue weighted by atomic mass is 14.9. The fourth-order valence-corrected chi connectivity index (χ4v) is 5.35. The van der Waals surface area contributed by atoms with Crippen LogP contribution in [0.1, 0.15) is 0 Å². The van der Waals surface area contributed by atoms with Crippen LogP contribution in [0.3, 0.4) is 0 Å². The lowest BCUT2D eigenvalue weighted by molar-refractivity contribution is 1.37. The van der Waals surface area contributed by atoms with Crippen molar-refractivity contribution in [3.63, 3.8) is 0 Å². The molecule has 7 aromatic rings. The number of fused-ring (bicyclic) bond motifs is 6. The Kier molecular flexibility index (Phi) is 3.57. The van der Waals surface area contributed by atoms with Crippen molar-refractivity contribution in [2.45, 2.75) is 0 Å². The molecule has 0 saturated carbocycles. The lowest BCUT2D eigenvalue weighted by atomic mass is 9.95. The van der Waals surface area contributed by atoms with E-state index in [2.05, 4.69) is 83.3 Å². The zero-order valence-corrected chi connectivity index (χ0v) is 17.9. The number of nitrogens with two attached hydrogens (primary N) is 2. The second-order valence-electron chi connectivity index (χ2n) is 8.68. The van der Waals surface area contributed by atoms with E-state index in [4.69, 9.17) is 11.5 Å². The smallest absolute Gasteiger partial charge is 0.0620 e. The molecule has 33 heavy (non-hydrogen) atoms. The highest BCUT2D eigenvalue weighted by Gasteiger charge is 2.18. The van der Waals surface area contributed by atoms with Crippen molar-refractivity contribution in [2.24, 2.45) is 0 Å². The van der Waals surface area contributed by atoms with E-state index in [-0.39, 0.29) is 0 Å². The fourth-order valence-electron chi connectivity index (χ4n) is 5.35. The largest absolute Gasteiger partial charge is 0.398 e. The molecule has 0 aliphatic heterocycles. The van der Waals surface area contributed by atoms with Crippen molar-refractivity contribution >= 4 is 49.5 Å². The maximum atomic E-state index is 6.54. The Labute approximate surface area is 190 Å². The summed E-state index contributed by atoms with van der Waals surface area (Å²) in [5.74, 6) is 0. The third kappa shape index (κ3) is 2.45. The predicted molar refractivity (Wildman–Crippen MR) is 141 cm³/mol. The normalized spacial score (nSPS) is 11.9. The number of anilines is 2. The maximum Gasteiger partial charge on any atom is 0.0620 e. The Bertz CT molecular complexity index is 1760. The summed E-state index contributed by atoms with van der Waals surface area (Å²) in [5, 5.41) is 5.08. The van der Waals surface area contributed by atoms with Gasteiger partial charge in [-0.05, 0) is 47.5 Å². The summed E-state index contributed by atoms with van der Waals surface area (Å²) >= 11 is 0. The average molecular weight is 424 g/mol. The quantitative estimate of drug-likeness (QED) is 0.286. The molecule has 7 rings (SSSR count). The van der Waals surface area contributed by atoms with Crippen molar-refractivity contribution in [1.82, 2.24) is 4.40 Å². The molecule has 0 bridgehead atoms. The number of para-hydroxylation sites is 3. The van der Waals surface area contributed by atoms with Crippen LogP contribution in [-0.4, -0.2) is 4.40 Å². The topological polar surface area (TPSA) is 56.5 Å². The number of nitrogens with zero attached hydrogens (tertiary/aromatic N) is 1. The van der Waals surface area contributed by atoms with Crippen molar-refractivity contribution < 1.29 is 0 Å². The minimum absolute atomic E-state index is 0.727. The van der Waals surface area contributed by atoms with Gasteiger partial charge in [0.15, 0.2) is 0 Å². The third-order valence-corrected chi connectivity index (χ3v) is 6.84. The van der Waals surface area contributed by atoms with Crippen LogP contribution in [0, 0.1) is 0 Å². The fraction of sp³-hybridized carbons (Fsp3) is 0. The minimum atomic E-state index is 0.727. The first-order chi connectivity index (χ1) is 16.2. The molecule has 3 nitrogen and oxygen atoms in total. The average Bonchev–Trinajstić information content (AvgIpc) is 3.36. The van der Waals surface area contributed by atoms with Gasteiger partial charge in [-0.3, -0.25) is 0 Å². The summed E-state index contributed by atoms with van der Waals surface area (Å²) < 4.78 is 2.40. The van der Waals surface area contributed by atoms with Crippen molar-refractivity contribution in [1.29, 1.82) is 0 Å². The lowest BCUT2D eigenvalue weighted by Gasteiger charge is -2.11. The lowest BCUT2D eigenvalue weighted by Crippen LogP contribution is -1.95. The Hall–Kier alpha value is -4.50. The van der Waals surface area contributed by atoms with Gasteiger partial charge in [0, 0.05) is 44.0 Å². The molecule has 3 heteroatoms. The second kappa shape index (κ2) is 6.50. The summed E-state index contributed by atoms with van der Waals surface area (Å²) in [4.78, 5) is 0. The Morgan fingerprint density at radius 2 is 1.03 bits per heavy atom. The SMILES string of the molecule is Nc1ccccc1-c1ccc(-c2cc3c4ccccc4n4c5ccccc5c(c2)c34)cc1N. The van der Waals surface area contributed by atoms with Crippen LogP contribution in [0.5, 0.6) is 0 Å². The van der Waals surface area contributed by atoms with E-state index in [1.807, 2.05) is 24.3 Å². The molecule has 0 saturated heterocycles. The molecule has 0 aliphatic carbocycles. The van der Waals surface area contributed by atoms with E-state index < -0.39 is 0 Å². The highest BCUT2D eigenvalue weighted by Crippen LogP contribution is 2.42. The molecule has 156 valence electrons. The number of aromatic nitrogens is 1. The maximum absolute atomic E-state index is 6.54. The Morgan fingerprint density at radius 1 is 0.455 bits per heavy atom. The van der Waals surface area contributed by atoms with Crippen molar-refractivity contribution in [2.75, 3.05) is 11.5 Å². The van der Waals surface area contributed by atoms with E-state index in [0.29, 0.717) is 0 Å². The van der Waals surface area contributed by atoms with Gasteiger partial charge in [-0.1, -0.05) is 66.7 Å². The molecule has 0 unspecified atom stereocenters. The van der Waals surface area contributed by atoms with Gasteiger partial charge in [0.05, 0.1) is 16.6 Å². The Balaban J connectivity index is 1.52. The van der Waals surface area contributed by atoms with Crippen LogP contribution in [0.4, 0.5) is 11.4 Å². The van der Waals surface area contributed by atoms with Gasteiger partial charge >= 0.3 is 0 Å². The van der Waals surface area contributed by atoms with Crippen LogP contribution < -0.4 is 11.5 Å². The predicted octanol–water partition coefficient (Wildman–Crippen LogP) is 7.34.